The predicted octanol–water partition coefficient (Wildman–Crippen LogP) is 7.67. The first kappa shape index (κ1) is 27.6. The lowest BCUT2D eigenvalue weighted by molar-refractivity contribution is 0.406. The SMILES string of the molecule is C=C/C=C\C=C/Cc1cc(-c2ccccc2)nn1Cc1ccc(CNC2=CC=C(C)C(CF)=CC2)cc1OC. The molecule has 0 spiro atoms. The molecule has 1 heterocycles. The van der Waals surface area contributed by atoms with E-state index in [1.54, 1.807) is 13.2 Å². The second-order valence-corrected chi connectivity index (χ2v) is 9.41. The van der Waals surface area contributed by atoms with Crippen molar-refractivity contribution in [3.05, 3.63) is 143 Å². The van der Waals surface area contributed by atoms with Gasteiger partial charge in [-0.15, -0.1) is 0 Å². The highest BCUT2D eigenvalue weighted by Crippen LogP contribution is 2.25. The van der Waals surface area contributed by atoms with Crippen LogP contribution in [0.4, 0.5) is 4.39 Å². The molecule has 39 heavy (non-hydrogen) atoms. The number of nitrogens with one attached hydrogen (secondary N) is 1. The molecule has 0 amide bonds. The average molecular weight is 522 g/mol. The van der Waals surface area contributed by atoms with Crippen LogP contribution in [0.1, 0.15) is 30.2 Å². The number of nitrogens with zero attached hydrogens (tertiary/aromatic N) is 2. The van der Waals surface area contributed by atoms with E-state index in [1.165, 1.54) is 0 Å². The third-order valence-electron chi connectivity index (χ3n) is 6.70. The van der Waals surface area contributed by atoms with E-state index in [0.29, 0.717) is 19.5 Å². The second kappa shape index (κ2) is 14.0. The minimum absolute atomic E-state index is 0.435. The third-order valence-corrected chi connectivity index (χ3v) is 6.70. The fraction of sp³-hybridized carbons (Fsp3) is 0.206. The van der Waals surface area contributed by atoms with Crippen LogP contribution in [0, 0.1) is 0 Å². The zero-order valence-electron chi connectivity index (χ0n) is 22.7. The summed E-state index contributed by atoms with van der Waals surface area (Å²) in [6, 6.07) is 18.7. The molecule has 200 valence electrons. The molecule has 1 aliphatic rings. The van der Waals surface area contributed by atoms with Gasteiger partial charge in [0.1, 0.15) is 12.4 Å². The maximum Gasteiger partial charge on any atom is 0.124 e. The van der Waals surface area contributed by atoms with Crippen molar-refractivity contribution >= 4 is 0 Å². The van der Waals surface area contributed by atoms with Crippen LogP contribution in [0.15, 0.2) is 127 Å². The average Bonchev–Trinajstić information content (AvgIpc) is 3.27. The maximum absolute atomic E-state index is 13.2. The van der Waals surface area contributed by atoms with E-state index < -0.39 is 6.67 Å². The van der Waals surface area contributed by atoms with Crippen molar-refractivity contribution in [2.45, 2.75) is 32.9 Å². The van der Waals surface area contributed by atoms with E-state index in [0.717, 1.165) is 57.1 Å². The molecule has 0 saturated carbocycles. The summed E-state index contributed by atoms with van der Waals surface area (Å²) in [5.41, 5.74) is 8.12. The summed E-state index contributed by atoms with van der Waals surface area (Å²) in [7, 11) is 1.70. The quantitative estimate of drug-likeness (QED) is 0.249. The van der Waals surface area contributed by atoms with Gasteiger partial charge < -0.3 is 10.1 Å². The van der Waals surface area contributed by atoms with Gasteiger partial charge in [0, 0.05) is 41.9 Å². The Kier molecular flexibility index (Phi) is 9.90. The van der Waals surface area contributed by atoms with Crippen molar-refractivity contribution in [1.82, 2.24) is 15.1 Å². The lowest BCUT2D eigenvalue weighted by Gasteiger charge is -2.14. The van der Waals surface area contributed by atoms with Crippen LogP contribution in [0.5, 0.6) is 5.75 Å². The minimum atomic E-state index is -0.435. The molecular weight excluding hydrogens is 485 g/mol. The zero-order valence-corrected chi connectivity index (χ0v) is 22.7. The number of halogens is 1. The number of methoxy groups -OCH3 is 1. The predicted molar refractivity (Wildman–Crippen MR) is 159 cm³/mol. The number of hydrogen-bond acceptors (Lipinski definition) is 3. The van der Waals surface area contributed by atoms with Gasteiger partial charge in [-0.2, -0.15) is 5.10 Å². The van der Waals surface area contributed by atoms with Crippen molar-refractivity contribution in [3.63, 3.8) is 0 Å². The molecule has 5 heteroatoms. The van der Waals surface area contributed by atoms with Gasteiger partial charge in [0.15, 0.2) is 0 Å². The summed E-state index contributed by atoms with van der Waals surface area (Å²) in [5, 5.41) is 8.44. The minimum Gasteiger partial charge on any atom is -0.496 e. The van der Waals surface area contributed by atoms with Crippen LogP contribution in [0.3, 0.4) is 0 Å². The van der Waals surface area contributed by atoms with Crippen molar-refractivity contribution in [3.8, 4) is 17.0 Å². The van der Waals surface area contributed by atoms with Gasteiger partial charge in [0.2, 0.25) is 0 Å². The first-order chi connectivity index (χ1) is 19.1. The molecule has 0 unspecified atom stereocenters. The first-order valence-electron chi connectivity index (χ1n) is 13.2. The Bertz CT molecular complexity index is 1420. The molecular formula is C34H36FN3O. The van der Waals surface area contributed by atoms with E-state index in [-0.39, 0.29) is 0 Å². The first-order valence-corrected chi connectivity index (χ1v) is 13.2. The number of hydrogen-bond donors (Lipinski definition) is 1. The van der Waals surface area contributed by atoms with Gasteiger partial charge in [0.05, 0.1) is 19.3 Å². The largest absolute Gasteiger partial charge is 0.496 e. The Morgan fingerprint density at radius 2 is 1.92 bits per heavy atom. The Labute approximate surface area is 231 Å². The molecule has 1 aliphatic carbocycles. The van der Waals surface area contributed by atoms with Gasteiger partial charge in [0.25, 0.3) is 0 Å². The summed E-state index contributed by atoms with van der Waals surface area (Å²) >= 11 is 0. The summed E-state index contributed by atoms with van der Waals surface area (Å²) < 4.78 is 21.0. The summed E-state index contributed by atoms with van der Waals surface area (Å²) in [5.74, 6) is 0.826. The molecule has 4 nitrogen and oxygen atoms in total. The molecule has 0 fully saturated rings. The number of ether oxygens (including phenoxy) is 1. The van der Waals surface area contributed by atoms with Gasteiger partial charge in [-0.3, -0.25) is 4.68 Å². The number of alkyl halides is 1. The van der Waals surface area contributed by atoms with E-state index in [9.17, 15) is 4.39 Å². The summed E-state index contributed by atoms with van der Waals surface area (Å²) in [6.07, 6.45) is 17.2. The monoisotopic (exact) mass is 521 g/mol. The standard InChI is InChI=1S/C34H36FN3O/c1-4-5-6-7-11-14-32-22-33(28-12-9-8-10-13-28)37-38(32)25-30-17-16-27(21-34(30)39-3)24-36-31-19-15-26(2)29(23-35)18-20-31/h4-13,15-19,21-22,36H,1,14,20,23-25H2,2-3H3/b6-5-,11-7-. The molecule has 1 N–H and O–H groups in total. The summed E-state index contributed by atoms with van der Waals surface area (Å²) in [6.45, 7) is 6.48. The van der Waals surface area contributed by atoms with E-state index in [2.05, 4.69) is 59.1 Å². The van der Waals surface area contributed by atoms with E-state index >= 15 is 0 Å². The molecule has 2 aromatic carbocycles. The number of benzene rings is 2. The van der Waals surface area contributed by atoms with Crippen molar-refractivity contribution in [1.29, 1.82) is 0 Å². The molecule has 0 saturated heterocycles. The van der Waals surface area contributed by atoms with E-state index in [1.807, 2.05) is 61.6 Å². The van der Waals surface area contributed by atoms with Gasteiger partial charge in [-0.1, -0.05) is 91.6 Å². The zero-order chi connectivity index (χ0) is 27.5. The number of allylic oxidation sites excluding steroid dienone is 10. The number of aromatic nitrogens is 2. The van der Waals surface area contributed by atoms with Gasteiger partial charge in [-0.25, -0.2) is 4.39 Å². The molecule has 0 atom stereocenters. The third kappa shape index (κ3) is 7.57. The van der Waals surface area contributed by atoms with Crippen LogP contribution < -0.4 is 10.1 Å². The smallest absolute Gasteiger partial charge is 0.124 e. The fourth-order valence-electron chi connectivity index (χ4n) is 4.41. The lowest BCUT2D eigenvalue weighted by Crippen LogP contribution is -2.13. The Balaban J connectivity index is 1.52. The van der Waals surface area contributed by atoms with Gasteiger partial charge >= 0.3 is 0 Å². The van der Waals surface area contributed by atoms with Crippen LogP contribution in [-0.4, -0.2) is 23.6 Å². The van der Waals surface area contributed by atoms with Crippen LogP contribution >= 0.6 is 0 Å². The molecule has 1 aromatic heterocycles. The number of rotatable bonds is 12. The highest BCUT2D eigenvalue weighted by molar-refractivity contribution is 5.59. The van der Waals surface area contributed by atoms with Gasteiger partial charge in [-0.05, 0) is 41.8 Å². The molecule has 0 bridgehead atoms. The highest BCUT2D eigenvalue weighted by atomic mass is 19.1. The van der Waals surface area contributed by atoms with Crippen LogP contribution in [-0.2, 0) is 19.5 Å². The van der Waals surface area contributed by atoms with Crippen LogP contribution in [0.25, 0.3) is 11.3 Å². The topological polar surface area (TPSA) is 39.1 Å². The second-order valence-electron chi connectivity index (χ2n) is 9.41. The van der Waals surface area contributed by atoms with Crippen molar-refractivity contribution in [2.75, 3.05) is 13.8 Å². The van der Waals surface area contributed by atoms with Crippen molar-refractivity contribution in [2.24, 2.45) is 0 Å². The Hall–Kier alpha value is -4.38. The molecule has 3 aromatic rings. The lowest BCUT2D eigenvalue weighted by atomic mass is 10.1. The molecule has 0 radical (unpaired) electrons. The normalized spacial score (nSPS) is 13.7. The molecule has 4 rings (SSSR count). The fourth-order valence-corrected chi connectivity index (χ4v) is 4.41. The highest BCUT2D eigenvalue weighted by Gasteiger charge is 2.13. The Morgan fingerprint density at radius 1 is 1.08 bits per heavy atom. The summed E-state index contributed by atoms with van der Waals surface area (Å²) in [4.78, 5) is 0. The maximum atomic E-state index is 13.2. The van der Waals surface area contributed by atoms with Crippen molar-refractivity contribution < 1.29 is 9.13 Å². The van der Waals surface area contributed by atoms with E-state index in [4.69, 9.17) is 9.84 Å². The molecule has 0 aliphatic heterocycles. The Morgan fingerprint density at radius 3 is 2.69 bits per heavy atom. The van der Waals surface area contributed by atoms with Crippen LogP contribution in [0.2, 0.25) is 0 Å².